The Labute approximate surface area is 129 Å². The van der Waals surface area contributed by atoms with Crippen molar-refractivity contribution in [3.05, 3.63) is 19.2 Å². The second-order valence-electron chi connectivity index (χ2n) is 5.16. The number of aliphatic hydroxyl groups is 1. The summed E-state index contributed by atoms with van der Waals surface area (Å²) in [6.07, 6.45) is 6.17. The first-order valence-electron chi connectivity index (χ1n) is 6.40. The number of hydrogen-bond donors (Lipinski definition) is 2. The molecular weight excluding hydrogens is 378 g/mol. The first kappa shape index (κ1) is 15.0. The minimum Gasteiger partial charge on any atom is -0.396 e. The third-order valence-electron chi connectivity index (χ3n) is 3.75. The van der Waals surface area contributed by atoms with Gasteiger partial charge in [-0.3, -0.25) is 0 Å². The van der Waals surface area contributed by atoms with E-state index < -0.39 is 0 Å². The van der Waals surface area contributed by atoms with Gasteiger partial charge in [0, 0.05) is 34.5 Å². The normalized spacial score (nSPS) is 19.1. The minimum absolute atomic E-state index is 0.129. The highest BCUT2D eigenvalue weighted by atomic mass is 79.9. The molecule has 0 spiro atoms. The van der Waals surface area contributed by atoms with Gasteiger partial charge in [0.15, 0.2) is 0 Å². The van der Waals surface area contributed by atoms with E-state index in [9.17, 15) is 5.11 Å². The summed E-state index contributed by atoms with van der Waals surface area (Å²) in [6, 6.07) is 2.15. The molecule has 1 heterocycles. The van der Waals surface area contributed by atoms with Crippen LogP contribution in [0.3, 0.4) is 0 Å². The Balaban J connectivity index is 1.83. The van der Waals surface area contributed by atoms with Crippen LogP contribution in [0.2, 0.25) is 0 Å². The Kier molecular flexibility index (Phi) is 5.69. The van der Waals surface area contributed by atoms with Crippen LogP contribution in [0.25, 0.3) is 0 Å². The van der Waals surface area contributed by atoms with E-state index in [-0.39, 0.29) is 5.41 Å². The van der Waals surface area contributed by atoms with Gasteiger partial charge < -0.3 is 10.4 Å². The van der Waals surface area contributed by atoms with Gasteiger partial charge in [-0.25, -0.2) is 0 Å². The monoisotopic (exact) mass is 395 g/mol. The summed E-state index contributed by atoms with van der Waals surface area (Å²) >= 11 is 8.77. The van der Waals surface area contributed by atoms with E-state index in [4.69, 9.17) is 0 Å². The van der Waals surface area contributed by atoms with Crippen molar-refractivity contribution in [1.29, 1.82) is 0 Å². The third kappa shape index (κ3) is 3.79. The highest BCUT2D eigenvalue weighted by molar-refractivity contribution is 9.13. The lowest BCUT2D eigenvalue weighted by Crippen LogP contribution is -2.38. The fourth-order valence-corrected chi connectivity index (χ4v) is 4.77. The summed E-state index contributed by atoms with van der Waals surface area (Å²) in [5, 5.41) is 13.1. The van der Waals surface area contributed by atoms with Gasteiger partial charge in [0.25, 0.3) is 0 Å². The standard InChI is InChI=1S/C13H19Br2NOS/c14-11-6-10(18-12(11)15)7-16-8-13(9-17)4-2-1-3-5-13/h6,16-17H,1-5,7-9H2. The van der Waals surface area contributed by atoms with Crippen molar-refractivity contribution in [3.8, 4) is 0 Å². The zero-order chi connectivity index (χ0) is 13.0. The molecule has 0 aromatic carbocycles. The molecule has 1 aliphatic carbocycles. The molecule has 1 aromatic heterocycles. The van der Waals surface area contributed by atoms with Gasteiger partial charge in [-0.1, -0.05) is 19.3 Å². The summed E-state index contributed by atoms with van der Waals surface area (Å²) in [7, 11) is 0. The van der Waals surface area contributed by atoms with E-state index in [0.717, 1.165) is 34.2 Å². The second-order valence-corrected chi connectivity index (χ2v) is 8.47. The van der Waals surface area contributed by atoms with E-state index in [1.165, 1.54) is 24.1 Å². The van der Waals surface area contributed by atoms with Crippen molar-refractivity contribution in [2.75, 3.05) is 13.2 Å². The van der Waals surface area contributed by atoms with Gasteiger partial charge in [-0.2, -0.15) is 0 Å². The van der Waals surface area contributed by atoms with Crippen LogP contribution in [0.4, 0.5) is 0 Å². The summed E-state index contributed by atoms with van der Waals surface area (Å²) in [4.78, 5) is 1.32. The minimum atomic E-state index is 0.129. The van der Waals surface area contributed by atoms with Crippen LogP contribution < -0.4 is 5.32 Å². The van der Waals surface area contributed by atoms with Crippen molar-refractivity contribution >= 4 is 43.2 Å². The van der Waals surface area contributed by atoms with Crippen LogP contribution in [0.5, 0.6) is 0 Å². The molecule has 0 bridgehead atoms. The number of halogens is 2. The first-order valence-corrected chi connectivity index (χ1v) is 8.81. The fourth-order valence-electron chi connectivity index (χ4n) is 2.62. The third-order valence-corrected chi connectivity index (χ3v) is 7.00. The van der Waals surface area contributed by atoms with Gasteiger partial charge in [0.1, 0.15) is 0 Å². The molecule has 2 N–H and O–H groups in total. The van der Waals surface area contributed by atoms with Gasteiger partial charge in [0.05, 0.1) is 3.79 Å². The van der Waals surface area contributed by atoms with E-state index in [1.807, 2.05) is 0 Å². The van der Waals surface area contributed by atoms with E-state index in [1.54, 1.807) is 11.3 Å². The smallest absolute Gasteiger partial charge is 0.0843 e. The molecule has 0 aliphatic heterocycles. The van der Waals surface area contributed by atoms with Crippen LogP contribution in [0.1, 0.15) is 37.0 Å². The Morgan fingerprint density at radius 3 is 2.56 bits per heavy atom. The predicted molar refractivity (Wildman–Crippen MR) is 84.0 cm³/mol. The molecule has 0 atom stereocenters. The lowest BCUT2D eigenvalue weighted by Gasteiger charge is -2.35. The summed E-state index contributed by atoms with van der Waals surface area (Å²) in [5.74, 6) is 0. The maximum atomic E-state index is 9.63. The molecule has 0 unspecified atom stereocenters. The molecule has 18 heavy (non-hydrogen) atoms. The van der Waals surface area contributed by atoms with E-state index in [2.05, 4.69) is 43.2 Å². The highest BCUT2D eigenvalue weighted by Crippen LogP contribution is 2.36. The first-order chi connectivity index (χ1) is 8.65. The average molecular weight is 397 g/mol. The van der Waals surface area contributed by atoms with Crippen LogP contribution >= 0.6 is 43.2 Å². The van der Waals surface area contributed by atoms with E-state index in [0.29, 0.717) is 6.61 Å². The van der Waals surface area contributed by atoms with Crippen molar-refractivity contribution in [1.82, 2.24) is 5.32 Å². The maximum Gasteiger partial charge on any atom is 0.0843 e. The largest absolute Gasteiger partial charge is 0.396 e. The molecule has 1 fully saturated rings. The lowest BCUT2D eigenvalue weighted by molar-refractivity contribution is 0.0811. The Hall–Kier alpha value is 0.580. The Morgan fingerprint density at radius 2 is 2.00 bits per heavy atom. The number of hydrogen-bond acceptors (Lipinski definition) is 3. The van der Waals surface area contributed by atoms with Gasteiger partial charge in [-0.15, -0.1) is 11.3 Å². The van der Waals surface area contributed by atoms with Crippen LogP contribution in [-0.2, 0) is 6.54 Å². The maximum absolute atomic E-state index is 9.63. The molecule has 0 amide bonds. The molecule has 5 heteroatoms. The number of aliphatic hydroxyl groups excluding tert-OH is 1. The lowest BCUT2D eigenvalue weighted by atomic mass is 9.74. The van der Waals surface area contributed by atoms with Crippen molar-refractivity contribution in [2.24, 2.45) is 5.41 Å². The molecular formula is C13H19Br2NOS. The molecule has 2 rings (SSSR count). The van der Waals surface area contributed by atoms with Gasteiger partial charge in [0.2, 0.25) is 0 Å². The average Bonchev–Trinajstić information content (AvgIpc) is 2.70. The fraction of sp³-hybridized carbons (Fsp3) is 0.692. The van der Waals surface area contributed by atoms with Crippen LogP contribution in [0, 0.1) is 5.41 Å². The van der Waals surface area contributed by atoms with Gasteiger partial charge >= 0.3 is 0 Å². The van der Waals surface area contributed by atoms with Crippen LogP contribution in [-0.4, -0.2) is 18.3 Å². The van der Waals surface area contributed by atoms with Crippen LogP contribution in [0.15, 0.2) is 14.3 Å². The Bertz CT molecular complexity index is 369. The van der Waals surface area contributed by atoms with Crippen molar-refractivity contribution in [2.45, 2.75) is 38.6 Å². The number of thiophene rings is 1. The SMILES string of the molecule is OCC1(CNCc2cc(Br)c(Br)s2)CCCCC1. The summed E-state index contributed by atoms with van der Waals surface area (Å²) in [6.45, 7) is 2.13. The zero-order valence-electron chi connectivity index (χ0n) is 10.3. The Morgan fingerprint density at radius 1 is 1.28 bits per heavy atom. The molecule has 0 radical (unpaired) electrons. The zero-order valence-corrected chi connectivity index (χ0v) is 14.3. The van der Waals surface area contributed by atoms with E-state index >= 15 is 0 Å². The quantitative estimate of drug-likeness (QED) is 0.777. The molecule has 0 saturated heterocycles. The molecule has 1 saturated carbocycles. The van der Waals surface area contributed by atoms with Crippen molar-refractivity contribution in [3.63, 3.8) is 0 Å². The molecule has 1 aromatic rings. The second kappa shape index (κ2) is 6.84. The predicted octanol–water partition coefficient (Wildman–Crippen LogP) is 4.31. The van der Waals surface area contributed by atoms with Gasteiger partial charge in [-0.05, 0) is 50.8 Å². The molecule has 102 valence electrons. The molecule has 1 aliphatic rings. The topological polar surface area (TPSA) is 32.3 Å². The number of rotatable bonds is 5. The summed E-state index contributed by atoms with van der Waals surface area (Å²) < 4.78 is 2.27. The van der Waals surface area contributed by atoms with Crippen molar-refractivity contribution < 1.29 is 5.11 Å². The number of nitrogens with one attached hydrogen (secondary N) is 1. The highest BCUT2D eigenvalue weighted by Gasteiger charge is 2.30. The summed E-state index contributed by atoms with van der Waals surface area (Å²) in [5.41, 5.74) is 0.129. The molecule has 2 nitrogen and oxygen atoms in total.